The van der Waals surface area contributed by atoms with Crippen molar-refractivity contribution in [2.45, 2.75) is 39.5 Å². The molecule has 0 saturated carbocycles. The third-order valence-electron chi connectivity index (χ3n) is 4.14. The lowest BCUT2D eigenvalue weighted by molar-refractivity contribution is -0.142. The third kappa shape index (κ3) is 5.15. The minimum atomic E-state index is -0.563. The summed E-state index contributed by atoms with van der Waals surface area (Å²) in [5, 5.41) is 5.85. The Hall–Kier alpha value is -2.70. The SMILES string of the molecule is CC(=O)NOCC(C)(C)OCc1nn(Cc2ccccc2)c2ccccc12. The lowest BCUT2D eigenvalue weighted by atomic mass is 10.1. The summed E-state index contributed by atoms with van der Waals surface area (Å²) in [7, 11) is 0. The summed E-state index contributed by atoms with van der Waals surface area (Å²) in [6.45, 7) is 6.54. The normalized spacial score (nSPS) is 11.7. The van der Waals surface area contributed by atoms with E-state index in [1.54, 1.807) is 0 Å². The number of rotatable bonds is 8. The van der Waals surface area contributed by atoms with Crippen LogP contribution in [0.25, 0.3) is 10.9 Å². The van der Waals surface area contributed by atoms with Gasteiger partial charge >= 0.3 is 0 Å². The number of hydrogen-bond donors (Lipinski definition) is 1. The molecule has 0 spiro atoms. The number of fused-ring (bicyclic) bond motifs is 1. The molecule has 0 bridgehead atoms. The van der Waals surface area contributed by atoms with Crippen molar-refractivity contribution in [2.75, 3.05) is 6.61 Å². The van der Waals surface area contributed by atoms with Gasteiger partial charge in [-0.05, 0) is 25.5 Å². The van der Waals surface area contributed by atoms with Crippen LogP contribution in [0.15, 0.2) is 54.6 Å². The molecule has 3 rings (SSSR count). The molecule has 1 N–H and O–H groups in total. The van der Waals surface area contributed by atoms with Gasteiger partial charge in [0.15, 0.2) is 0 Å². The van der Waals surface area contributed by atoms with Crippen molar-refractivity contribution in [2.24, 2.45) is 0 Å². The summed E-state index contributed by atoms with van der Waals surface area (Å²) in [4.78, 5) is 16.1. The molecule has 1 amide bonds. The van der Waals surface area contributed by atoms with Gasteiger partial charge in [0.2, 0.25) is 5.91 Å². The van der Waals surface area contributed by atoms with Crippen LogP contribution in [0, 0.1) is 0 Å². The maximum Gasteiger partial charge on any atom is 0.240 e. The second kappa shape index (κ2) is 8.33. The predicted octanol–water partition coefficient (Wildman–Crippen LogP) is 3.45. The van der Waals surface area contributed by atoms with E-state index in [1.165, 1.54) is 12.5 Å². The number of amides is 1. The summed E-state index contributed by atoms with van der Waals surface area (Å²) in [6, 6.07) is 18.4. The Bertz CT molecular complexity index is 903. The van der Waals surface area contributed by atoms with E-state index in [-0.39, 0.29) is 12.5 Å². The maximum atomic E-state index is 10.9. The monoisotopic (exact) mass is 367 g/mol. The molecular formula is C21H25N3O3. The van der Waals surface area contributed by atoms with Crippen LogP contribution in [0.2, 0.25) is 0 Å². The molecule has 0 atom stereocenters. The number of nitrogens with one attached hydrogen (secondary N) is 1. The van der Waals surface area contributed by atoms with E-state index < -0.39 is 5.60 Å². The van der Waals surface area contributed by atoms with Gasteiger partial charge in [0.1, 0.15) is 6.61 Å². The highest BCUT2D eigenvalue weighted by atomic mass is 16.7. The number of benzene rings is 2. The second-order valence-electron chi connectivity index (χ2n) is 7.10. The smallest absolute Gasteiger partial charge is 0.240 e. The van der Waals surface area contributed by atoms with Crippen molar-refractivity contribution >= 4 is 16.8 Å². The molecular weight excluding hydrogens is 342 g/mol. The molecule has 142 valence electrons. The zero-order valence-corrected chi connectivity index (χ0v) is 15.9. The highest BCUT2D eigenvalue weighted by Crippen LogP contribution is 2.22. The van der Waals surface area contributed by atoms with Crippen LogP contribution in [-0.2, 0) is 27.5 Å². The minimum Gasteiger partial charge on any atom is -0.367 e. The molecule has 0 saturated heterocycles. The lowest BCUT2D eigenvalue weighted by Gasteiger charge is -2.24. The van der Waals surface area contributed by atoms with Gasteiger partial charge in [-0.1, -0.05) is 48.5 Å². The molecule has 0 aliphatic carbocycles. The van der Waals surface area contributed by atoms with Crippen LogP contribution >= 0.6 is 0 Å². The number of aromatic nitrogens is 2. The summed E-state index contributed by atoms with van der Waals surface area (Å²) in [6.07, 6.45) is 0. The van der Waals surface area contributed by atoms with Crippen molar-refractivity contribution in [1.82, 2.24) is 15.3 Å². The van der Waals surface area contributed by atoms with Crippen LogP contribution < -0.4 is 5.48 Å². The fraction of sp³-hybridized carbons (Fsp3) is 0.333. The summed E-state index contributed by atoms with van der Waals surface area (Å²) < 4.78 is 8.02. The Morgan fingerprint density at radius 2 is 1.81 bits per heavy atom. The molecule has 0 aliphatic heterocycles. The van der Waals surface area contributed by atoms with E-state index in [1.807, 2.05) is 48.9 Å². The van der Waals surface area contributed by atoms with E-state index in [2.05, 4.69) is 29.7 Å². The van der Waals surface area contributed by atoms with Crippen LogP contribution in [0.4, 0.5) is 0 Å². The van der Waals surface area contributed by atoms with Crippen molar-refractivity contribution in [3.05, 3.63) is 65.9 Å². The van der Waals surface area contributed by atoms with Gasteiger partial charge in [-0.2, -0.15) is 5.10 Å². The molecule has 3 aromatic rings. The Morgan fingerprint density at radius 1 is 1.11 bits per heavy atom. The number of carbonyl (C=O) groups excluding carboxylic acids is 1. The number of para-hydroxylation sites is 1. The number of hydroxylamine groups is 1. The molecule has 2 aromatic carbocycles. The van der Waals surface area contributed by atoms with Crippen LogP contribution in [0.1, 0.15) is 32.0 Å². The van der Waals surface area contributed by atoms with E-state index in [0.29, 0.717) is 13.2 Å². The first-order valence-corrected chi connectivity index (χ1v) is 8.95. The molecule has 0 aliphatic rings. The first kappa shape index (κ1) is 19.1. The average Bonchev–Trinajstić information content (AvgIpc) is 2.98. The number of carbonyl (C=O) groups is 1. The quantitative estimate of drug-likeness (QED) is 0.620. The van der Waals surface area contributed by atoms with E-state index in [4.69, 9.17) is 14.7 Å². The predicted molar refractivity (Wildman–Crippen MR) is 104 cm³/mol. The van der Waals surface area contributed by atoms with Crippen molar-refractivity contribution in [3.63, 3.8) is 0 Å². The average molecular weight is 367 g/mol. The van der Waals surface area contributed by atoms with Crippen LogP contribution in [0.5, 0.6) is 0 Å². The molecule has 1 heterocycles. The van der Waals surface area contributed by atoms with Gasteiger partial charge in [0, 0.05) is 12.3 Å². The Balaban J connectivity index is 1.74. The van der Waals surface area contributed by atoms with Crippen LogP contribution in [0.3, 0.4) is 0 Å². The largest absolute Gasteiger partial charge is 0.367 e. The first-order valence-electron chi connectivity index (χ1n) is 8.95. The van der Waals surface area contributed by atoms with Crippen LogP contribution in [-0.4, -0.2) is 27.9 Å². The van der Waals surface area contributed by atoms with Gasteiger partial charge in [0.05, 0.1) is 30.0 Å². The second-order valence-corrected chi connectivity index (χ2v) is 7.10. The first-order chi connectivity index (χ1) is 12.9. The highest BCUT2D eigenvalue weighted by Gasteiger charge is 2.21. The number of hydrogen-bond acceptors (Lipinski definition) is 4. The molecule has 27 heavy (non-hydrogen) atoms. The number of ether oxygens (including phenoxy) is 1. The van der Waals surface area contributed by atoms with Crippen molar-refractivity contribution in [3.8, 4) is 0 Å². The standard InChI is InChI=1S/C21H25N3O3/c1-16(25)23-27-15-21(2,3)26-14-19-18-11-7-8-12-20(18)24(22-19)13-17-9-5-4-6-10-17/h4-12H,13-15H2,1-3H3,(H,23,25). The summed E-state index contributed by atoms with van der Waals surface area (Å²) in [5.74, 6) is -0.239. The Labute approximate surface area is 159 Å². The molecule has 1 aromatic heterocycles. The lowest BCUT2D eigenvalue weighted by Crippen LogP contribution is -2.35. The highest BCUT2D eigenvalue weighted by molar-refractivity contribution is 5.81. The fourth-order valence-electron chi connectivity index (χ4n) is 2.80. The third-order valence-corrected chi connectivity index (χ3v) is 4.14. The minimum absolute atomic E-state index is 0.239. The Kier molecular flexibility index (Phi) is 5.88. The van der Waals surface area contributed by atoms with Gasteiger partial charge < -0.3 is 4.74 Å². The molecule has 0 fully saturated rings. The van der Waals surface area contributed by atoms with Gasteiger partial charge in [-0.25, -0.2) is 5.48 Å². The van der Waals surface area contributed by atoms with E-state index in [0.717, 1.165) is 16.6 Å². The van der Waals surface area contributed by atoms with Gasteiger partial charge in [-0.3, -0.25) is 14.3 Å². The van der Waals surface area contributed by atoms with E-state index in [9.17, 15) is 4.79 Å². The van der Waals surface area contributed by atoms with E-state index >= 15 is 0 Å². The molecule has 6 nitrogen and oxygen atoms in total. The zero-order valence-electron chi connectivity index (χ0n) is 15.9. The zero-order chi connectivity index (χ0) is 19.3. The summed E-state index contributed by atoms with van der Waals surface area (Å²) in [5.41, 5.74) is 4.92. The number of nitrogens with zero attached hydrogens (tertiary/aromatic N) is 2. The topological polar surface area (TPSA) is 65.4 Å². The van der Waals surface area contributed by atoms with Crippen molar-refractivity contribution in [1.29, 1.82) is 0 Å². The molecule has 0 unspecified atom stereocenters. The molecule has 6 heteroatoms. The molecule has 0 radical (unpaired) electrons. The van der Waals surface area contributed by atoms with Gasteiger partial charge in [-0.15, -0.1) is 0 Å². The summed E-state index contributed by atoms with van der Waals surface area (Å²) >= 11 is 0. The Morgan fingerprint density at radius 3 is 2.56 bits per heavy atom. The van der Waals surface area contributed by atoms with Gasteiger partial charge in [0.25, 0.3) is 0 Å². The maximum absolute atomic E-state index is 10.9. The fourth-order valence-corrected chi connectivity index (χ4v) is 2.80. The van der Waals surface area contributed by atoms with Crippen molar-refractivity contribution < 1.29 is 14.4 Å².